The molecule has 8 heteroatoms. The number of hydrazine groups is 1. The van der Waals surface area contributed by atoms with Crippen LogP contribution >= 0.6 is 12.2 Å². The maximum Gasteiger partial charge on any atom is 0.269 e. The number of carbonyl (C=O) groups excluding carboxylic acids is 2. The lowest BCUT2D eigenvalue weighted by atomic mass is 10.2. The lowest BCUT2D eigenvalue weighted by Crippen LogP contribution is -2.48. The summed E-state index contributed by atoms with van der Waals surface area (Å²) in [6.45, 7) is 3.37. The minimum Gasteiger partial charge on any atom is -0.494 e. The number of rotatable bonds is 12. The summed E-state index contributed by atoms with van der Waals surface area (Å²) in [7, 11) is 0. The van der Waals surface area contributed by atoms with Crippen molar-refractivity contribution in [3.8, 4) is 11.5 Å². The predicted octanol–water partition coefficient (Wildman–Crippen LogP) is 5.22. The summed E-state index contributed by atoms with van der Waals surface area (Å²) in [4.78, 5) is 24.8. The van der Waals surface area contributed by atoms with Crippen LogP contribution in [0.15, 0.2) is 78.9 Å². The first-order valence-corrected chi connectivity index (χ1v) is 12.9. The van der Waals surface area contributed by atoms with Gasteiger partial charge in [-0.25, -0.2) is 0 Å². The highest BCUT2D eigenvalue weighted by Crippen LogP contribution is 2.14. The predicted molar refractivity (Wildman–Crippen MR) is 149 cm³/mol. The third-order valence-corrected chi connectivity index (χ3v) is 5.72. The fourth-order valence-corrected chi connectivity index (χ4v) is 3.59. The number of hydrogen-bond donors (Lipinski definition) is 3. The summed E-state index contributed by atoms with van der Waals surface area (Å²) >= 11 is 5.12. The standard InChI is InChI=1S/C29H33N3O4S/c1-2-3-4-8-20-35-25-17-13-24(14-18-25)28(34)31-32-29(37)30-27(33)23-11-15-26(16-12-23)36-21-19-22-9-6-5-7-10-22/h5-7,9-18H,2-4,8,19-21H2,1H3,(H,31,34)(H2,30,32,33,37). The van der Waals surface area contributed by atoms with E-state index < -0.39 is 5.91 Å². The fraction of sp³-hybridized carbons (Fsp3) is 0.276. The van der Waals surface area contributed by atoms with Crippen LogP contribution in [0.2, 0.25) is 0 Å². The molecule has 3 aromatic rings. The second-order valence-electron chi connectivity index (χ2n) is 8.40. The van der Waals surface area contributed by atoms with E-state index in [1.54, 1.807) is 48.5 Å². The van der Waals surface area contributed by atoms with Crippen LogP contribution in [0.25, 0.3) is 0 Å². The summed E-state index contributed by atoms with van der Waals surface area (Å²) in [5.41, 5.74) is 7.08. The number of thiocarbonyl (C=S) groups is 1. The maximum atomic E-state index is 12.5. The molecule has 3 rings (SSSR count). The van der Waals surface area contributed by atoms with Crippen LogP contribution in [0.1, 0.15) is 58.9 Å². The van der Waals surface area contributed by atoms with E-state index >= 15 is 0 Å². The Balaban J connectivity index is 1.36. The number of hydrogen-bond acceptors (Lipinski definition) is 5. The van der Waals surface area contributed by atoms with Gasteiger partial charge in [-0.2, -0.15) is 0 Å². The third-order valence-electron chi connectivity index (χ3n) is 5.52. The minimum absolute atomic E-state index is 0.0198. The average Bonchev–Trinajstić information content (AvgIpc) is 2.93. The molecule has 0 aliphatic heterocycles. The zero-order valence-electron chi connectivity index (χ0n) is 21.0. The Morgan fingerprint density at radius 2 is 1.30 bits per heavy atom. The molecule has 0 aliphatic carbocycles. The first-order valence-electron chi connectivity index (χ1n) is 12.5. The van der Waals surface area contributed by atoms with Crippen LogP contribution in [0.5, 0.6) is 11.5 Å². The normalized spacial score (nSPS) is 10.3. The Bertz CT molecular complexity index is 1140. The van der Waals surface area contributed by atoms with E-state index in [2.05, 4.69) is 35.2 Å². The molecular formula is C29H33N3O4S. The summed E-state index contributed by atoms with van der Waals surface area (Å²) in [6.07, 6.45) is 5.34. The molecule has 0 saturated carbocycles. The molecule has 3 N–H and O–H groups in total. The molecule has 0 radical (unpaired) electrons. The fourth-order valence-electron chi connectivity index (χ4n) is 3.45. The molecule has 0 fully saturated rings. The zero-order chi connectivity index (χ0) is 26.3. The van der Waals surface area contributed by atoms with Crippen LogP contribution in [-0.2, 0) is 6.42 Å². The van der Waals surface area contributed by atoms with E-state index in [0.29, 0.717) is 30.1 Å². The smallest absolute Gasteiger partial charge is 0.269 e. The van der Waals surface area contributed by atoms with Crippen LogP contribution < -0.4 is 25.6 Å². The molecular weight excluding hydrogens is 486 g/mol. The first kappa shape index (κ1) is 27.7. The van der Waals surface area contributed by atoms with Crippen molar-refractivity contribution in [3.05, 3.63) is 95.6 Å². The van der Waals surface area contributed by atoms with Crippen LogP contribution in [0.4, 0.5) is 0 Å². The second kappa shape index (κ2) is 15.3. The first-order chi connectivity index (χ1) is 18.0. The van der Waals surface area contributed by atoms with Gasteiger partial charge in [0.15, 0.2) is 5.11 Å². The molecule has 37 heavy (non-hydrogen) atoms. The van der Waals surface area contributed by atoms with Crippen molar-refractivity contribution in [2.75, 3.05) is 13.2 Å². The van der Waals surface area contributed by atoms with Crippen molar-refractivity contribution >= 4 is 29.1 Å². The van der Waals surface area contributed by atoms with Crippen molar-refractivity contribution in [2.45, 2.75) is 39.0 Å². The average molecular weight is 520 g/mol. The molecule has 0 saturated heterocycles. The summed E-state index contributed by atoms with van der Waals surface area (Å²) in [5, 5.41) is 2.52. The zero-order valence-corrected chi connectivity index (χ0v) is 21.8. The van der Waals surface area contributed by atoms with Crippen LogP contribution in [0.3, 0.4) is 0 Å². The van der Waals surface area contributed by atoms with Gasteiger partial charge in [0.05, 0.1) is 13.2 Å². The summed E-state index contributed by atoms with van der Waals surface area (Å²) in [5.74, 6) is 0.607. The minimum atomic E-state index is -0.400. The Morgan fingerprint density at radius 1 is 0.703 bits per heavy atom. The Labute approximate surface area is 223 Å². The van der Waals surface area contributed by atoms with Crippen molar-refractivity contribution in [3.63, 3.8) is 0 Å². The van der Waals surface area contributed by atoms with Crippen molar-refractivity contribution in [1.82, 2.24) is 16.2 Å². The number of carbonyl (C=O) groups is 2. The van der Waals surface area contributed by atoms with E-state index in [-0.39, 0.29) is 11.0 Å². The molecule has 194 valence electrons. The second-order valence-corrected chi connectivity index (χ2v) is 8.81. The van der Waals surface area contributed by atoms with E-state index in [1.807, 2.05) is 18.2 Å². The Morgan fingerprint density at radius 3 is 1.92 bits per heavy atom. The number of ether oxygens (including phenoxy) is 2. The highest BCUT2D eigenvalue weighted by atomic mass is 32.1. The molecule has 0 bridgehead atoms. The maximum absolute atomic E-state index is 12.5. The number of nitrogens with one attached hydrogen (secondary N) is 3. The quantitative estimate of drug-likeness (QED) is 0.173. The topological polar surface area (TPSA) is 88.7 Å². The molecule has 0 heterocycles. The van der Waals surface area contributed by atoms with Crippen LogP contribution in [-0.4, -0.2) is 30.1 Å². The molecule has 7 nitrogen and oxygen atoms in total. The van der Waals surface area contributed by atoms with Gasteiger partial charge in [0, 0.05) is 17.5 Å². The Hall–Kier alpha value is -3.91. The molecule has 0 atom stereocenters. The third kappa shape index (κ3) is 9.93. The Kier molecular flexibility index (Phi) is 11.4. The van der Waals surface area contributed by atoms with E-state index in [4.69, 9.17) is 21.7 Å². The molecule has 0 unspecified atom stereocenters. The lowest BCUT2D eigenvalue weighted by molar-refractivity contribution is 0.0934. The number of unbranched alkanes of at least 4 members (excludes halogenated alkanes) is 3. The van der Waals surface area contributed by atoms with Gasteiger partial charge in [0.2, 0.25) is 0 Å². The molecule has 0 aliphatic rings. The summed E-state index contributed by atoms with van der Waals surface area (Å²) in [6, 6.07) is 23.7. The largest absolute Gasteiger partial charge is 0.494 e. The van der Waals surface area contributed by atoms with Crippen molar-refractivity contribution in [1.29, 1.82) is 0 Å². The van der Waals surface area contributed by atoms with Gasteiger partial charge in [-0.15, -0.1) is 0 Å². The highest BCUT2D eigenvalue weighted by Gasteiger charge is 2.10. The molecule has 2 amide bonds. The highest BCUT2D eigenvalue weighted by molar-refractivity contribution is 7.80. The van der Waals surface area contributed by atoms with Gasteiger partial charge in [-0.3, -0.25) is 25.8 Å². The van der Waals surface area contributed by atoms with E-state index in [1.165, 1.54) is 18.4 Å². The van der Waals surface area contributed by atoms with Gasteiger partial charge >= 0.3 is 0 Å². The van der Waals surface area contributed by atoms with Gasteiger partial charge in [0.25, 0.3) is 11.8 Å². The molecule has 0 aromatic heterocycles. The summed E-state index contributed by atoms with van der Waals surface area (Å²) < 4.78 is 11.4. The van der Waals surface area contributed by atoms with Gasteiger partial charge < -0.3 is 9.47 Å². The number of benzene rings is 3. The monoisotopic (exact) mass is 519 g/mol. The lowest BCUT2D eigenvalue weighted by Gasteiger charge is -2.12. The van der Waals surface area contributed by atoms with Crippen molar-refractivity contribution in [2.24, 2.45) is 0 Å². The molecule has 0 spiro atoms. The molecule has 3 aromatic carbocycles. The van der Waals surface area contributed by atoms with E-state index in [0.717, 1.165) is 25.0 Å². The van der Waals surface area contributed by atoms with Crippen molar-refractivity contribution < 1.29 is 19.1 Å². The SMILES string of the molecule is CCCCCCOc1ccc(C(=O)NNC(=S)NC(=O)c2ccc(OCCc3ccccc3)cc2)cc1. The van der Waals surface area contributed by atoms with E-state index in [9.17, 15) is 9.59 Å². The van der Waals surface area contributed by atoms with Gasteiger partial charge in [-0.1, -0.05) is 56.5 Å². The van der Waals surface area contributed by atoms with Gasteiger partial charge in [-0.05, 0) is 72.7 Å². The number of amides is 2. The van der Waals surface area contributed by atoms with Crippen LogP contribution in [0, 0.1) is 0 Å². The van der Waals surface area contributed by atoms with Gasteiger partial charge in [0.1, 0.15) is 11.5 Å².